The number of hydrogen-bond donors (Lipinski definition) is 4. The van der Waals surface area contributed by atoms with Crippen LogP contribution < -0.4 is 10.2 Å². The number of aliphatic hydroxyl groups is 3. The van der Waals surface area contributed by atoms with Crippen molar-refractivity contribution in [3.05, 3.63) is 36.5 Å². The molecular weight excluding hydrogens is 455 g/mol. The van der Waals surface area contributed by atoms with Gasteiger partial charge in [0.05, 0.1) is 24.0 Å². The molecule has 5 atom stereocenters. The number of aromatic nitrogens is 5. The van der Waals surface area contributed by atoms with E-state index in [-0.39, 0.29) is 18.5 Å². The van der Waals surface area contributed by atoms with E-state index in [1.165, 1.54) is 12.7 Å². The smallest absolute Gasteiger partial charge is 0.396 e. The summed E-state index contributed by atoms with van der Waals surface area (Å²) in [5.41, 5.74) is 0.216. The highest BCUT2D eigenvalue weighted by molar-refractivity contribution is 5.83. The molecule has 1 aliphatic carbocycles. The van der Waals surface area contributed by atoms with Crippen LogP contribution in [0.4, 0.5) is 24.8 Å². The third-order valence-electron chi connectivity index (χ3n) is 6.65. The Bertz CT molecular complexity index is 1170. The highest BCUT2D eigenvalue weighted by Gasteiger charge is 2.42. The second-order valence-corrected chi connectivity index (χ2v) is 8.75. The normalized spacial score (nSPS) is 27.6. The van der Waals surface area contributed by atoms with Gasteiger partial charge in [0.25, 0.3) is 0 Å². The third kappa shape index (κ3) is 4.03. The monoisotopic (exact) mass is 479 g/mol. The van der Waals surface area contributed by atoms with Crippen molar-refractivity contribution >= 4 is 22.8 Å². The molecule has 10 nitrogen and oxygen atoms in total. The number of alkyl halides is 3. The summed E-state index contributed by atoms with van der Waals surface area (Å²) in [6.07, 6.45) is -1.45. The van der Waals surface area contributed by atoms with Crippen LogP contribution in [0.25, 0.3) is 11.2 Å². The van der Waals surface area contributed by atoms with Gasteiger partial charge in [-0.1, -0.05) is 0 Å². The standard InChI is InChI=1S/C21H24F3N7O3/c22-21(23,24)12-1-3-25-15(6-12)30-4-2-13(7-30)29-19-16-20(27-9-26-19)31(10-28-16)14-5-11(8-32)17(33)18(14)34/h1,3,6,9-11,13-14,17-18,32-34H,2,4-5,7-8H2,(H,26,27,29)/t11-,13+,14?,17-,18+/m1/s1. The summed E-state index contributed by atoms with van der Waals surface area (Å²) in [5, 5.41) is 33.4. The van der Waals surface area contributed by atoms with E-state index in [9.17, 15) is 28.5 Å². The minimum atomic E-state index is -4.43. The summed E-state index contributed by atoms with van der Waals surface area (Å²) in [7, 11) is 0. The molecular formula is C21H24F3N7O3. The molecule has 1 saturated carbocycles. The summed E-state index contributed by atoms with van der Waals surface area (Å²) < 4.78 is 40.8. The summed E-state index contributed by atoms with van der Waals surface area (Å²) in [6.45, 7) is 0.734. The van der Waals surface area contributed by atoms with E-state index in [0.717, 1.165) is 18.3 Å². The maximum absolute atomic E-state index is 13.0. The predicted molar refractivity (Wildman–Crippen MR) is 115 cm³/mol. The number of halogens is 3. The fourth-order valence-electron chi connectivity index (χ4n) is 4.80. The summed E-state index contributed by atoms with van der Waals surface area (Å²) >= 11 is 0. The molecule has 3 aromatic rings. The summed E-state index contributed by atoms with van der Waals surface area (Å²) in [4.78, 5) is 18.9. The van der Waals surface area contributed by atoms with Gasteiger partial charge < -0.3 is 30.1 Å². The molecule has 0 amide bonds. The first-order valence-corrected chi connectivity index (χ1v) is 11.0. The number of imidazole rings is 1. The van der Waals surface area contributed by atoms with Crippen molar-refractivity contribution in [1.82, 2.24) is 24.5 Å². The molecule has 1 unspecified atom stereocenters. The lowest BCUT2D eigenvalue weighted by atomic mass is 10.1. The molecule has 0 bridgehead atoms. The van der Waals surface area contributed by atoms with Gasteiger partial charge in [-0.25, -0.2) is 19.9 Å². The molecule has 0 aromatic carbocycles. The molecule has 3 aromatic heterocycles. The number of rotatable bonds is 5. The Labute approximate surface area is 192 Å². The fourth-order valence-corrected chi connectivity index (χ4v) is 4.80. The van der Waals surface area contributed by atoms with Crippen LogP contribution in [0.1, 0.15) is 24.4 Å². The van der Waals surface area contributed by atoms with E-state index in [1.54, 1.807) is 9.47 Å². The number of nitrogens with zero attached hydrogens (tertiary/aromatic N) is 6. The number of pyridine rings is 1. The van der Waals surface area contributed by atoms with E-state index in [0.29, 0.717) is 42.9 Å². The first kappa shape index (κ1) is 22.7. The second kappa shape index (κ2) is 8.64. The van der Waals surface area contributed by atoms with Crippen LogP contribution in [0.3, 0.4) is 0 Å². The van der Waals surface area contributed by atoms with Crippen molar-refractivity contribution in [2.45, 2.75) is 43.3 Å². The highest BCUT2D eigenvalue weighted by atomic mass is 19.4. The van der Waals surface area contributed by atoms with E-state index >= 15 is 0 Å². The molecule has 2 fully saturated rings. The van der Waals surface area contributed by atoms with Gasteiger partial charge in [-0.15, -0.1) is 0 Å². The second-order valence-electron chi connectivity index (χ2n) is 8.75. The average Bonchev–Trinajstić information content (AvgIpc) is 3.52. The molecule has 0 spiro atoms. The largest absolute Gasteiger partial charge is 0.416 e. The molecule has 4 N–H and O–H groups in total. The van der Waals surface area contributed by atoms with Crippen LogP contribution in [0.5, 0.6) is 0 Å². The van der Waals surface area contributed by atoms with Gasteiger partial charge in [0, 0.05) is 37.9 Å². The number of aliphatic hydroxyl groups excluding tert-OH is 3. The van der Waals surface area contributed by atoms with Gasteiger partial charge >= 0.3 is 6.18 Å². The first-order chi connectivity index (χ1) is 16.3. The zero-order chi connectivity index (χ0) is 24.0. The van der Waals surface area contributed by atoms with Gasteiger partial charge in [0.2, 0.25) is 0 Å². The Morgan fingerprint density at radius 1 is 1.12 bits per heavy atom. The SMILES string of the molecule is OC[C@H]1CC(n2cnc3c(N[C@H]4CCN(c5cc(C(F)(F)F)ccn5)C4)ncnc32)[C@H](O)[C@@H]1O. The van der Waals surface area contributed by atoms with Crippen molar-refractivity contribution < 1.29 is 28.5 Å². The quantitative estimate of drug-likeness (QED) is 0.426. The van der Waals surface area contributed by atoms with Gasteiger partial charge in [-0.2, -0.15) is 13.2 Å². The summed E-state index contributed by atoms with van der Waals surface area (Å²) in [6, 6.07) is 1.41. The van der Waals surface area contributed by atoms with Crippen LogP contribution in [0.15, 0.2) is 31.0 Å². The van der Waals surface area contributed by atoms with Gasteiger partial charge in [-0.3, -0.25) is 0 Å². The Hall–Kier alpha value is -3.03. The molecule has 1 saturated heterocycles. The lowest BCUT2D eigenvalue weighted by Gasteiger charge is -2.19. The maximum Gasteiger partial charge on any atom is 0.416 e. The molecule has 5 rings (SSSR count). The zero-order valence-electron chi connectivity index (χ0n) is 18.0. The molecule has 1 aliphatic heterocycles. The van der Waals surface area contributed by atoms with Crippen molar-refractivity contribution in [1.29, 1.82) is 0 Å². The number of anilines is 2. The molecule has 13 heteroatoms. The van der Waals surface area contributed by atoms with Crippen molar-refractivity contribution in [3.63, 3.8) is 0 Å². The average molecular weight is 479 g/mol. The number of nitrogens with one attached hydrogen (secondary N) is 1. The summed E-state index contributed by atoms with van der Waals surface area (Å²) in [5.74, 6) is 0.300. The Kier molecular flexibility index (Phi) is 5.78. The Morgan fingerprint density at radius 3 is 2.68 bits per heavy atom. The van der Waals surface area contributed by atoms with Gasteiger partial charge in [-0.05, 0) is 25.0 Å². The van der Waals surface area contributed by atoms with Crippen LogP contribution >= 0.6 is 0 Å². The van der Waals surface area contributed by atoms with Crippen molar-refractivity contribution in [3.8, 4) is 0 Å². The van der Waals surface area contributed by atoms with Crippen LogP contribution in [-0.4, -0.2) is 77.8 Å². The molecule has 0 radical (unpaired) electrons. The maximum atomic E-state index is 13.0. The first-order valence-electron chi connectivity index (χ1n) is 11.0. The van der Waals surface area contributed by atoms with Gasteiger partial charge in [0.1, 0.15) is 23.8 Å². The van der Waals surface area contributed by atoms with E-state index in [4.69, 9.17) is 0 Å². The van der Waals surface area contributed by atoms with E-state index in [1.807, 2.05) is 0 Å². The molecule has 4 heterocycles. The number of fused-ring (bicyclic) bond motifs is 1. The Balaban J connectivity index is 1.33. The minimum absolute atomic E-state index is 0.0998. The van der Waals surface area contributed by atoms with Crippen LogP contribution in [-0.2, 0) is 6.18 Å². The van der Waals surface area contributed by atoms with Gasteiger partial charge in [0.15, 0.2) is 11.5 Å². The fraction of sp³-hybridized carbons (Fsp3) is 0.524. The predicted octanol–water partition coefficient (Wildman–Crippen LogP) is 1.21. The van der Waals surface area contributed by atoms with Crippen molar-refractivity contribution in [2.75, 3.05) is 29.9 Å². The van der Waals surface area contributed by atoms with Crippen molar-refractivity contribution in [2.24, 2.45) is 5.92 Å². The topological polar surface area (TPSA) is 132 Å². The van der Waals surface area contributed by atoms with Crippen LogP contribution in [0, 0.1) is 5.92 Å². The highest BCUT2D eigenvalue weighted by Crippen LogP contribution is 2.37. The molecule has 34 heavy (non-hydrogen) atoms. The molecule has 182 valence electrons. The van der Waals surface area contributed by atoms with E-state index < -0.39 is 35.9 Å². The zero-order valence-corrected chi connectivity index (χ0v) is 18.0. The molecule has 2 aliphatic rings. The number of hydrogen-bond acceptors (Lipinski definition) is 9. The Morgan fingerprint density at radius 2 is 1.94 bits per heavy atom. The van der Waals surface area contributed by atoms with E-state index in [2.05, 4.69) is 25.3 Å². The third-order valence-corrected chi connectivity index (χ3v) is 6.65. The lowest BCUT2D eigenvalue weighted by Crippen LogP contribution is -2.30. The van der Waals surface area contributed by atoms with Crippen LogP contribution in [0.2, 0.25) is 0 Å². The minimum Gasteiger partial charge on any atom is -0.396 e. The lowest BCUT2D eigenvalue weighted by molar-refractivity contribution is -0.137.